The summed E-state index contributed by atoms with van der Waals surface area (Å²) in [6, 6.07) is 11.9. The van der Waals surface area contributed by atoms with Crippen LogP contribution in [0.4, 0.5) is 14.5 Å². The number of piperidine rings is 1. The van der Waals surface area contributed by atoms with Crippen LogP contribution in [0.5, 0.6) is 0 Å². The number of carbonyl (C=O) groups is 1. The van der Waals surface area contributed by atoms with Gasteiger partial charge in [-0.2, -0.15) is 0 Å². The summed E-state index contributed by atoms with van der Waals surface area (Å²) in [6.07, 6.45) is 3.76. The van der Waals surface area contributed by atoms with Crippen molar-refractivity contribution in [2.75, 3.05) is 24.7 Å². The molecule has 1 fully saturated rings. The van der Waals surface area contributed by atoms with Crippen LogP contribution in [0.25, 0.3) is 0 Å². The van der Waals surface area contributed by atoms with Crippen LogP contribution >= 0.6 is 0 Å². The number of nitrogens with zero attached hydrogens (tertiary/aromatic N) is 2. The van der Waals surface area contributed by atoms with Gasteiger partial charge in [-0.3, -0.25) is 4.79 Å². The maximum atomic E-state index is 13.1. The summed E-state index contributed by atoms with van der Waals surface area (Å²) < 4.78 is 32.0. The number of hydrogen-bond donors (Lipinski definition) is 0. The van der Waals surface area contributed by atoms with Crippen molar-refractivity contribution in [3.05, 3.63) is 77.7 Å². The fourth-order valence-electron chi connectivity index (χ4n) is 3.55. The van der Waals surface area contributed by atoms with Gasteiger partial charge in [0.05, 0.1) is 0 Å². The number of halogens is 2. The van der Waals surface area contributed by atoms with Gasteiger partial charge in [0.25, 0.3) is 5.91 Å². The molecule has 6 heteroatoms. The van der Waals surface area contributed by atoms with Crippen molar-refractivity contribution >= 4 is 11.6 Å². The smallest absolute Gasteiger partial charge is 0.253 e. The first-order valence-corrected chi connectivity index (χ1v) is 9.02. The van der Waals surface area contributed by atoms with Crippen LogP contribution in [0.3, 0.4) is 0 Å². The third-order valence-electron chi connectivity index (χ3n) is 5.01. The summed E-state index contributed by atoms with van der Waals surface area (Å²) >= 11 is 0. The van der Waals surface area contributed by atoms with Crippen LogP contribution in [0, 0.1) is 17.6 Å². The van der Waals surface area contributed by atoms with E-state index in [-0.39, 0.29) is 23.5 Å². The molecule has 0 spiro atoms. The zero-order valence-electron chi connectivity index (χ0n) is 14.8. The second kappa shape index (κ2) is 7.39. The topological polar surface area (TPSA) is 32.8 Å². The van der Waals surface area contributed by atoms with Crippen LogP contribution in [0.2, 0.25) is 0 Å². The third kappa shape index (κ3) is 3.79. The Bertz CT molecular complexity index is 849. The second-order valence-electron chi connectivity index (χ2n) is 6.85. The van der Waals surface area contributed by atoms with Gasteiger partial charge in [-0.05, 0) is 61.4 Å². The standard InChI is InChI=1S/C21H20F2N2O2/c22-17-5-3-15(4-6-17)21(26)24-11-1-2-16(12-24)20-13-25(14-27-20)19-9-7-18(23)8-10-19/h3-10,13,16H,1-2,11-12,14H2/t16-/m0/s1. The number of carbonyl (C=O) groups excluding carboxylic acids is 1. The minimum atomic E-state index is -0.353. The Balaban J connectivity index is 1.45. The van der Waals surface area contributed by atoms with Crippen LogP contribution < -0.4 is 4.90 Å². The van der Waals surface area contributed by atoms with Gasteiger partial charge >= 0.3 is 0 Å². The number of anilines is 1. The zero-order chi connectivity index (χ0) is 18.8. The van der Waals surface area contributed by atoms with E-state index < -0.39 is 0 Å². The molecule has 0 bridgehead atoms. The first-order valence-electron chi connectivity index (χ1n) is 9.02. The molecule has 2 heterocycles. The highest BCUT2D eigenvalue weighted by atomic mass is 19.1. The molecule has 0 radical (unpaired) electrons. The van der Waals surface area contributed by atoms with Gasteiger partial charge in [0.2, 0.25) is 0 Å². The quantitative estimate of drug-likeness (QED) is 0.814. The lowest BCUT2D eigenvalue weighted by atomic mass is 9.95. The molecule has 0 aromatic heterocycles. The number of rotatable bonds is 3. The number of likely N-dealkylation sites (tertiary alicyclic amines) is 1. The van der Waals surface area contributed by atoms with Crippen molar-refractivity contribution in [2.45, 2.75) is 12.8 Å². The van der Waals surface area contributed by atoms with E-state index in [0.29, 0.717) is 25.4 Å². The molecule has 1 saturated heterocycles. The number of hydrogen-bond acceptors (Lipinski definition) is 3. The normalized spacial score (nSPS) is 19.6. The first kappa shape index (κ1) is 17.5. The van der Waals surface area contributed by atoms with Gasteiger partial charge < -0.3 is 14.5 Å². The number of amides is 1. The van der Waals surface area contributed by atoms with Gasteiger partial charge in [-0.1, -0.05) is 0 Å². The molecule has 140 valence electrons. The van der Waals surface area contributed by atoms with Crippen LogP contribution in [0.15, 0.2) is 60.5 Å². The van der Waals surface area contributed by atoms with Crippen molar-refractivity contribution in [2.24, 2.45) is 5.92 Å². The molecule has 2 aromatic carbocycles. The Morgan fingerprint density at radius 1 is 1.00 bits per heavy atom. The highest BCUT2D eigenvalue weighted by Gasteiger charge is 2.30. The maximum absolute atomic E-state index is 13.1. The fraction of sp³-hybridized carbons (Fsp3) is 0.286. The molecule has 1 atom stereocenters. The summed E-state index contributed by atoms with van der Waals surface area (Å²) in [5.41, 5.74) is 1.35. The zero-order valence-corrected chi connectivity index (χ0v) is 14.8. The SMILES string of the molecule is O=C(c1ccc(F)cc1)N1CCC[C@H](C2=CN(c3ccc(F)cc3)CO2)C1. The second-order valence-corrected chi connectivity index (χ2v) is 6.85. The summed E-state index contributed by atoms with van der Waals surface area (Å²) in [7, 11) is 0. The highest BCUT2D eigenvalue weighted by Crippen LogP contribution is 2.30. The third-order valence-corrected chi connectivity index (χ3v) is 5.01. The van der Waals surface area contributed by atoms with Crippen LogP contribution in [-0.4, -0.2) is 30.6 Å². The van der Waals surface area contributed by atoms with Crippen molar-refractivity contribution < 1.29 is 18.3 Å². The summed E-state index contributed by atoms with van der Waals surface area (Å²) in [5, 5.41) is 0. The van der Waals surface area contributed by atoms with E-state index in [1.807, 2.05) is 11.1 Å². The van der Waals surface area contributed by atoms with E-state index in [1.54, 1.807) is 17.0 Å². The van der Waals surface area contributed by atoms with Gasteiger partial charge in [-0.15, -0.1) is 0 Å². The molecule has 0 saturated carbocycles. The minimum Gasteiger partial charge on any atom is -0.475 e. The molecule has 2 aromatic rings. The van der Waals surface area contributed by atoms with Gasteiger partial charge in [0.1, 0.15) is 17.4 Å². The Kier molecular flexibility index (Phi) is 4.79. The molecule has 1 amide bonds. The largest absolute Gasteiger partial charge is 0.475 e. The lowest BCUT2D eigenvalue weighted by Gasteiger charge is -2.32. The first-order chi connectivity index (χ1) is 13.1. The summed E-state index contributed by atoms with van der Waals surface area (Å²) in [6.45, 7) is 1.63. The van der Waals surface area contributed by atoms with Gasteiger partial charge in [0.15, 0.2) is 6.73 Å². The predicted molar refractivity (Wildman–Crippen MR) is 97.9 cm³/mol. The monoisotopic (exact) mass is 370 g/mol. The summed E-state index contributed by atoms with van der Waals surface area (Å²) in [4.78, 5) is 16.4. The molecule has 0 aliphatic carbocycles. The lowest BCUT2D eigenvalue weighted by molar-refractivity contribution is 0.0653. The minimum absolute atomic E-state index is 0.0892. The number of ether oxygens (including phenoxy) is 1. The van der Waals surface area contributed by atoms with Crippen molar-refractivity contribution in [1.29, 1.82) is 0 Å². The Morgan fingerprint density at radius 2 is 1.67 bits per heavy atom. The molecule has 4 nitrogen and oxygen atoms in total. The molecule has 4 rings (SSSR count). The average molecular weight is 370 g/mol. The van der Waals surface area contributed by atoms with E-state index in [9.17, 15) is 13.6 Å². The highest BCUT2D eigenvalue weighted by molar-refractivity contribution is 5.94. The molecule has 0 unspecified atom stereocenters. The van der Waals surface area contributed by atoms with Crippen LogP contribution in [-0.2, 0) is 4.74 Å². The number of benzene rings is 2. The summed E-state index contributed by atoms with van der Waals surface area (Å²) in [5.74, 6) is 0.247. The molecular weight excluding hydrogens is 350 g/mol. The Morgan fingerprint density at radius 3 is 2.37 bits per heavy atom. The molecule has 0 N–H and O–H groups in total. The predicted octanol–water partition coefficient (Wildman–Crippen LogP) is 4.15. The van der Waals surface area contributed by atoms with Gasteiger partial charge in [0, 0.05) is 36.5 Å². The van der Waals surface area contributed by atoms with E-state index in [4.69, 9.17) is 4.74 Å². The molecular formula is C21H20F2N2O2. The van der Waals surface area contributed by atoms with Crippen molar-refractivity contribution in [3.63, 3.8) is 0 Å². The van der Waals surface area contributed by atoms with E-state index in [2.05, 4.69) is 0 Å². The average Bonchev–Trinajstić information content (AvgIpc) is 3.19. The fourth-order valence-corrected chi connectivity index (χ4v) is 3.55. The Hall–Kier alpha value is -2.89. The van der Waals surface area contributed by atoms with Crippen molar-refractivity contribution in [3.8, 4) is 0 Å². The molecule has 2 aliphatic heterocycles. The van der Waals surface area contributed by atoms with Crippen molar-refractivity contribution in [1.82, 2.24) is 4.90 Å². The molecule has 2 aliphatic rings. The maximum Gasteiger partial charge on any atom is 0.253 e. The van der Waals surface area contributed by atoms with E-state index >= 15 is 0 Å². The lowest BCUT2D eigenvalue weighted by Crippen LogP contribution is -2.40. The van der Waals surface area contributed by atoms with E-state index in [1.165, 1.54) is 36.4 Å². The molecule has 27 heavy (non-hydrogen) atoms. The van der Waals surface area contributed by atoms with Crippen LogP contribution in [0.1, 0.15) is 23.2 Å². The van der Waals surface area contributed by atoms with Gasteiger partial charge in [-0.25, -0.2) is 8.78 Å². The Labute approximate surface area is 156 Å². The van der Waals surface area contributed by atoms with E-state index in [0.717, 1.165) is 24.3 Å².